The SMILES string of the molecule is O=C1[C@@H]2CNC[C@H]2CCN1c1cccnc1. The normalized spacial score (nSPS) is 29.2. The van der Waals surface area contributed by atoms with E-state index in [2.05, 4.69) is 10.3 Å². The predicted octanol–water partition coefficient (Wildman–Crippen LogP) is 0.654. The summed E-state index contributed by atoms with van der Waals surface area (Å²) in [5.41, 5.74) is 0.929. The summed E-state index contributed by atoms with van der Waals surface area (Å²) in [6, 6.07) is 3.83. The van der Waals surface area contributed by atoms with Crippen LogP contribution in [0.25, 0.3) is 0 Å². The Morgan fingerprint density at radius 3 is 3.19 bits per heavy atom. The van der Waals surface area contributed by atoms with Crippen LogP contribution in [0.15, 0.2) is 24.5 Å². The second-order valence-electron chi connectivity index (χ2n) is 4.51. The molecule has 2 saturated heterocycles. The van der Waals surface area contributed by atoms with Gasteiger partial charge in [-0.3, -0.25) is 9.78 Å². The van der Waals surface area contributed by atoms with Gasteiger partial charge >= 0.3 is 0 Å². The summed E-state index contributed by atoms with van der Waals surface area (Å²) in [5.74, 6) is 0.976. The maximum absolute atomic E-state index is 12.3. The molecule has 84 valence electrons. The summed E-state index contributed by atoms with van der Waals surface area (Å²) < 4.78 is 0. The maximum Gasteiger partial charge on any atom is 0.231 e. The lowest BCUT2D eigenvalue weighted by molar-refractivity contribution is -0.124. The lowest BCUT2D eigenvalue weighted by Crippen LogP contribution is -2.45. The second kappa shape index (κ2) is 3.87. The number of nitrogens with zero attached hydrogens (tertiary/aromatic N) is 2. The number of pyridine rings is 1. The Balaban J connectivity index is 1.85. The van der Waals surface area contributed by atoms with Crippen LogP contribution < -0.4 is 10.2 Å². The first-order valence-electron chi connectivity index (χ1n) is 5.78. The van der Waals surface area contributed by atoms with Gasteiger partial charge < -0.3 is 10.2 Å². The Hall–Kier alpha value is -1.42. The Labute approximate surface area is 94.7 Å². The number of piperidine rings is 1. The van der Waals surface area contributed by atoms with Crippen molar-refractivity contribution in [2.24, 2.45) is 11.8 Å². The molecule has 16 heavy (non-hydrogen) atoms. The summed E-state index contributed by atoms with van der Waals surface area (Å²) in [4.78, 5) is 18.2. The van der Waals surface area contributed by atoms with E-state index in [-0.39, 0.29) is 11.8 Å². The molecule has 2 fully saturated rings. The molecule has 3 rings (SSSR count). The lowest BCUT2D eigenvalue weighted by Gasteiger charge is -2.33. The number of aromatic nitrogens is 1. The highest BCUT2D eigenvalue weighted by Crippen LogP contribution is 2.30. The van der Waals surface area contributed by atoms with Crippen LogP contribution in [0.5, 0.6) is 0 Å². The molecule has 1 aromatic rings. The molecule has 0 bridgehead atoms. The molecule has 0 unspecified atom stereocenters. The number of amides is 1. The van der Waals surface area contributed by atoms with Gasteiger partial charge in [0.2, 0.25) is 5.91 Å². The minimum atomic E-state index is 0.175. The molecule has 0 saturated carbocycles. The standard InChI is InChI=1S/C12H15N3O/c16-12-11-8-14-6-9(11)3-5-15(12)10-2-1-4-13-7-10/h1-2,4,7,9,11,14H,3,5-6,8H2/t9-,11-/m1/s1. The van der Waals surface area contributed by atoms with Gasteiger partial charge in [0.15, 0.2) is 0 Å². The van der Waals surface area contributed by atoms with E-state index >= 15 is 0 Å². The number of nitrogens with one attached hydrogen (secondary N) is 1. The average Bonchev–Trinajstić information content (AvgIpc) is 2.80. The van der Waals surface area contributed by atoms with Gasteiger partial charge in [-0.25, -0.2) is 0 Å². The van der Waals surface area contributed by atoms with Crippen LogP contribution in [-0.2, 0) is 4.79 Å². The van der Waals surface area contributed by atoms with Crippen molar-refractivity contribution in [1.29, 1.82) is 0 Å². The minimum Gasteiger partial charge on any atom is -0.316 e. The maximum atomic E-state index is 12.3. The van der Waals surface area contributed by atoms with Crippen molar-refractivity contribution in [1.82, 2.24) is 10.3 Å². The molecule has 1 N–H and O–H groups in total. The highest BCUT2D eigenvalue weighted by molar-refractivity contribution is 5.96. The third kappa shape index (κ3) is 1.50. The zero-order valence-electron chi connectivity index (χ0n) is 9.10. The molecule has 0 radical (unpaired) electrons. The van der Waals surface area contributed by atoms with E-state index in [1.165, 1.54) is 0 Å². The van der Waals surface area contributed by atoms with E-state index in [1.54, 1.807) is 12.4 Å². The van der Waals surface area contributed by atoms with Crippen LogP contribution >= 0.6 is 0 Å². The third-order valence-corrected chi connectivity index (χ3v) is 3.60. The largest absolute Gasteiger partial charge is 0.316 e. The van der Waals surface area contributed by atoms with Gasteiger partial charge in [0, 0.05) is 19.3 Å². The molecule has 1 amide bonds. The molecular formula is C12H15N3O. The zero-order valence-corrected chi connectivity index (χ0v) is 9.10. The Morgan fingerprint density at radius 1 is 1.44 bits per heavy atom. The number of rotatable bonds is 1. The first kappa shape index (κ1) is 9.78. The number of hydrogen-bond donors (Lipinski definition) is 1. The molecular weight excluding hydrogens is 202 g/mol. The summed E-state index contributed by atoms with van der Waals surface area (Å²) in [6.07, 6.45) is 4.59. The fourth-order valence-electron chi connectivity index (χ4n) is 2.70. The van der Waals surface area contributed by atoms with Crippen LogP contribution in [0.4, 0.5) is 5.69 Å². The molecule has 1 aromatic heterocycles. The van der Waals surface area contributed by atoms with Gasteiger partial charge in [-0.2, -0.15) is 0 Å². The highest BCUT2D eigenvalue weighted by Gasteiger charge is 2.39. The van der Waals surface area contributed by atoms with Gasteiger partial charge in [-0.15, -0.1) is 0 Å². The molecule has 0 spiro atoms. The monoisotopic (exact) mass is 217 g/mol. The van der Waals surface area contributed by atoms with Crippen LogP contribution in [0, 0.1) is 11.8 Å². The van der Waals surface area contributed by atoms with E-state index in [4.69, 9.17) is 0 Å². The van der Waals surface area contributed by atoms with Gasteiger partial charge in [0.25, 0.3) is 0 Å². The van der Waals surface area contributed by atoms with E-state index in [9.17, 15) is 4.79 Å². The van der Waals surface area contributed by atoms with Crippen LogP contribution in [-0.4, -0.2) is 30.5 Å². The smallest absolute Gasteiger partial charge is 0.231 e. The highest BCUT2D eigenvalue weighted by atomic mass is 16.2. The lowest BCUT2D eigenvalue weighted by atomic mass is 9.88. The number of fused-ring (bicyclic) bond motifs is 1. The van der Waals surface area contributed by atoms with Crippen molar-refractivity contribution in [2.45, 2.75) is 6.42 Å². The Morgan fingerprint density at radius 2 is 2.38 bits per heavy atom. The molecule has 4 heteroatoms. The van der Waals surface area contributed by atoms with Gasteiger partial charge in [-0.05, 0) is 31.0 Å². The summed E-state index contributed by atoms with van der Waals surface area (Å²) in [6.45, 7) is 2.66. The van der Waals surface area contributed by atoms with Crippen molar-refractivity contribution in [2.75, 3.05) is 24.5 Å². The van der Waals surface area contributed by atoms with E-state index < -0.39 is 0 Å². The summed E-state index contributed by atoms with van der Waals surface area (Å²) >= 11 is 0. The van der Waals surface area contributed by atoms with Crippen LogP contribution in [0.3, 0.4) is 0 Å². The number of hydrogen-bond acceptors (Lipinski definition) is 3. The number of carbonyl (C=O) groups excluding carboxylic acids is 1. The van der Waals surface area contributed by atoms with Crippen LogP contribution in [0.1, 0.15) is 6.42 Å². The quantitative estimate of drug-likeness (QED) is 0.751. The van der Waals surface area contributed by atoms with Crippen molar-refractivity contribution in [3.05, 3.63) is 24.5 Å². The molecule has 2 aliphatic heterocycles. The first-order chi connectivity index (χ1) is 7.86. The van der Waals surface area contributed by atoms with Crippen molar-refractivity contribution >= 4 is 11.6 Å². The molecule has 3 heterocycles. The predicted molar refractivity (Wildman–Crippen MR) is 61.1 cm³/mol. The van der Waals surface area contributed by atoms with E-state index in [1.807, 2.05) is 17.0 Å². The molecule has 0 aliphatic carbocycles. The number of anilines is 1. The molecule has 2 atom stereocenters. The fourth-order valence-corrected chi connectivity index (χ4v) is 2.70. The third-order valence-electron chi connectivity index (χ3n) is 3.60. The van der Waals surface area contributed by atoms with E-state index in [0.717, 1.165) is 31.7 Å². The van der Waals surface area contributed by atoms with Crippen LogP contribution in [0.2, 0.25) is 0 Å². The second-order valence-corrected chi connectivity index (χ2v) is 4.51. The van der Waals surface area contributed by atoms with Gasteiger partial charge in [0.1, 0.15) is 0 Å². The van der Waals surface area contributed by atoms with Crippen molar-refractivity contribution in [3.8, 4) is 0 Å². The topological polar surface area (TPSA) is 45.2 Å². The van der Waals surface area contributed by atoms with Crippen molar-refractivity contribution in [3.63, 3.8) is 0 Å². The Kier molecular flexibility index (Phi) is 2.36. The fraction of sp³-hybridized carbons (Fsp3) is 0.500. The average molecular weight is 217 g/mol. The zero-order chi connectivity index (χ0) is 11.0. The Bertz CT molecular complexity index is 393. The summed E-state index contributed by atoms with van der Waals surface area (Å²) in [5, 5.41) is 3.30. The molecule has 2 aliphatic rings. The minimum absolute atomic E-state index is 0.175. The van der Waals surface area contributed by atoms with Gasteiger partial charge in [0.05, 0.1) is 17.8 Å². The first-order valence-corrected chi connectivity index (χ1v) is 5.78. The van der Waals surface area contributed by atoms with Gasteiger partial charge in [-0.1, -0.05) is 0 Å². The summed E-state index contributed by atoms with van der Waals surface area (Å²) in [7, 11) is 0. The molecule has 4 nitrogen and oxygen atoms in total. The molecule has 0 aromatic carbocycles. The number of carbonyl (C=O) groups is 1. The van der Waals surface area contributed by atoms with Crippen molar-refractivity contribution < 1.29 is 4.79 Å². The van der Waals surface area contributed by atoms with E-state index in [0.29, 0.717) is 5.92 Å².